The summed E-state index contributed by atoms with van der Waals surface area (Å²) >= 11 is 0. The average Bonchev–Trinajstić information content (AvgIpc) is 2.64. The van der Waals surface area contributed by atoms with Gasteiger partial charge in [-0.3, -0.25) is 5.41 Å². The molecule has 2 aromatic carbocycles. The van der Waals surface area contributed by atoms with E-state index in [2.05, 4.69) is 25.4 Å². The molecule has 7 nitrogen and oxygen atoms in total. The quantitative estimate of drug-likeness (QED) is 0.610. The van der Waals surface area contributed by atoms with Crippen molar-refractivity contribution in [3.8, 4) is 11.5 Å². The maximum atomic E-state index is 12.2. The summed E-state index contributed by atoms with van der Waals surface area (Å²) in [5.41, 5.74) is 1.66. The molecular formula is C19H16F3N5O2. The van der Waals surface area contributed by atoms with Crippen molar-refractivity contribution < 1.29 is 23.0 Å². The van der Waals surface area contributed by atoms with E-state index in [1.165, 1.54) is 30.6 Å². The number of aliphatic imine (C=N–C) groups is 2. The van der Waals surface area contributed by atoms with E-state index in [0.29, 0.717) is 23.6 Å². The fraction of sp³-hybridized carbons (Fsp3) is 0.105. The fourth-order valence-electron chi connectivity index (χ4n) is 2.45. The van der Waals surface area contributed by atoms with Gasteiger partial charge in [0, 0.05) is 18.4 Å². The van der Waals surface area contributed by atoms with Crippen LogP contribution in [0.3, 0.4) is 0 Å². The minimum absolute atomic E-state index is 0.0390. The number of aromatic hydroxyl groups is 1. The number of alkyl halides is 3. The minimum atomic E-state index is -4.76. The molecule has 0 atom stereocenters. The van der Waals surface area contributed by atoms with Crippen LogP contribution in [0.2, 0.25) is 0 Å². The predicted octanol–water partition coefficient (Wildman–Crippen LogP) is 3.79. The van der Waals surface area contributed by atoms with E-state index >= 15 is 0 Å². The molecule has 0 radical (unpaired) electrons. The average molecular weight is 403 g/mol. The van der Waals surface area contributed by atoms with Crippen molar-refractivity contribution in [1.29, 1.82) is 5.41 Å². The molecule has 2 aromatic rings. The molecule has 0 aromatic heterocycles. The number of nitrogens with one attached hydrogen (secondary N) is 3. The number of hydrogen-bond acceptors (Lipinski definition) is 6. The molecule has 0 saturated carbocycles. The number of anilines is 1. The van der Waals surface area contributed by atoms with Gasteiger partial charge in [0.15, 0.2) is 5.84 Å². The first-order chi connectivity index (χ1) is 13.8. The summed E-state index contributed by atoms with van der Waals surface area (Å²) in [6.07, 6.45) is -2.00. The Bertz CT molecular complexity index is 982. The van der Waals surface area contributed by atoms with Crippen molar-refractivity contribution in [3.63, 3.8) is 0 Å². The van der Waals surface area contributed by atoms with Gasteiger partial charge in [-0.15, -0.1) is 13.2 Å². The Balaban J connectivity index is 1.69. The monoisotopic (exact) mass is 403 g/mol. The van der Waals surface area contributed by atoms with Gasteiger partial charge in [-0.05, 0) is 42.0 Å². The molecule has 0 unspecified atom stereocenters. The third-order valence-electron chi connectivity index (χ3n) is 3.70. The Labute approximate surface area is 163 Å². The molecule has 1 aliphatic rings. The van der Waals surface area contributed by atoms with E-state index in [1.807, 2.05) is 6.07 Å². The second-order valence-corrected chi connectivity index (χ2v) is 5.88. The Kier molecular flexibility index (Phi) is 5.82. The van der Waals surface area contributed by atoms with E-state index in [9.17, 15) is 18.3 Å². The predicted molar refractivity (Wildman–Crippen MR) is 103 cm³/mol. The maximum absolute atomic E-state index is 12.2. The van der Waals surface area contributed by atoms with Crippen LogP contribution in [0.5, 0.6) is 11.5 Å². The first kappa shape index (κ1) is 19.9. The van der Waals surface area contributed by atoms with E-state index in [-0.39, 0.29) is 17.3 Å². The Morgan fingerprint density at radius 2 is 1.90 bits per heavy atom. The summed E-state index contributed by atoms with van der Waals surface area (Å²) in [5.74, 6) is 0.0705. The zero-order chi connectivity index (χ0) is 20.9. The van der Waals surface area contributed by atoms with Crippen LogP contribution in [0.1, 0.15) is 5.56 Å². The molecule has 0 fully saturated rings. The summed E-state index contributed by atoms with van der Waals surface area (Å²) < 4.78 is 40.6. The highest BCUT2D eigenvalue weighted by molar-refractivity contribution is 6.30. The van der Waals surface area contributed by atoms with E-state index in [4.69, 9.17) is 5.41 Å². The lowest BCUT2D eigenvalue weighted by Crippen LogP contribution is -2.25. The lowest BCUT2D eigenvalue weighted by atomic mass is 10.2. The van der Waals surface area contributed by atoms with Gasteiger partial charge in [-0.25, -0.2) is 9.98 Å². The number of phenolic OH excluding ortho intramolecular Hbond substituents is 1. The summed E-state index contributed by atoms with van der Waals surface area (Å²) in [7, 11) is 0. The largest absolute Gasteiger partial charge is 0.573 e. The molecule has 0 aliphatic carbocycles. The van der Waals surface area contributed by atoms with Crippen LogP contribution >= 0.6 is 0 Å². The van der Waals surface area contributed by atoms with Crippen molar-refractivity contribution in [1.82, 2.24) is 5.32 Å². The SMILES string of the molecule is N=C1N=CN=C(Nc2ccc(OC(F)(F)F)cc2)/C1=C/NCc1cccc(O)c1. The van der Waals surface area contributed by atoms with Gasteiger partial charge < -0.3 is 20.5 Å². The minimum Gasteiger partial charge on any atom is -0.508 e. The topological polar surface area (TPSA) is 102 Å². The van der Waals surface area contributed by atoms with Gasteiger partial charge in [-0.1, -0.05) is 12.1 Å². The number of rotatable bonds is 5. The molecule has 3 rings (SSSR count). The number of nitrogens with zero attached hydrogens (tertiary/aromatic N) is 2. The third-order valence-corrected chi connectivity index (χ3v) is 3.70. The molecule has 0 saturated heterocycles. The van der Waals surface area contributed by atoms with Crippen LogP contribution in [0.25, 0.3) is 0 Å². The van der Waals surface area contributed by atoms with Gasteiger partial charge in [0.05, 0.1) is 5.57 Å². The number of amidine groups is 2. The van der Waals surface area contributed by atoms with E-state index in [1.54, 1.807) is 24.4 Å². The Morgan fingerprint density at radius 3 is 2.59 bits per heavy atom. The van der Waals surface area contributed by atoms with Gasteiger partial charge >= 0.3 is 6.36 Å². The van der Waals surface area contributed by atoms with Gasteiger partial charge in [-0.2, -0.15) is 0 Å². The highest BCUT2D eigenvalue weighted by Gasteiger charge is 2.31. The number of benzene rings is 2. The second-order valence-electron chi connectivity index (χ2n) is 5.88. The molecule has 29 heavy (non-hydrogen) atoms. The van der Waals surface area contributed by atoms with Gasteiger partial charge in [0.1, 0.15) is 23.7 Å². The Morgan fingerprint density at radius 1 is 1.14 bits per heavy atom. The van der Waals surface area contributed by atoms with E-state index < -0.39 is 6.36 Å². The molecule has 1 aliphatic heterocycles. The van der Waals surface area contributed by atoms with Crippen LogP contribution < -0.4 is 15.4 Å². The fourth-order valence-corrected chi connectivity index (χ4v) is 2.45. The van der Waals surface area contributed by atoms with Gasteiger partial charge in [0.2, 0.25) is 0 Å². The van der Waals surface area contributed by atoms with Crippen LogP contribution in [0, 0.1) is 5.41 Å². The van der Waals surface area contributed by atoms with Crippen LogP contribution in [-0.4, -0.2) is 29.5 Å². The lowest BCUT2D eigenvalue weighted by molar-refractivity contribution is -0.274. The number of halogens is 3. The molecule has 0 spiro atoms. The zero-order valence-electron chi connectivity index (χ0n) is 14.9. The zero-order valence-corrected chi connectivity index (χ0v) is 14.9. The molecular weight excluding hydrogens is 387 g/mol. The van der Waals surface area contributed by atoms with Crippen LogP contribution in [-0.2, 0) is 6.54 Å². The standard InChI is InChI=1S/C19H16F3N5O2/c20-19(21,22)29-15-6-4-13(5-7-15)27-18-16(17(23)25-11-26-18)10-24-9-12-2-1-3-14(28)8-12/h1-8,10-11,24,28H,9H2,(H2,23,25,26,27)/b16-10+. The maximum Gasteiger partial charge on any atom is 0.573 e. The van der Waals surface area contributed by atoms with Crippen molar-refractivity contribution in [2.75, 3.05) is 5.32 Å². The van der Waals surface area contributed by atoms with Crippen molar-refractivity contribution in [2.24, 2.45) is 9.98 Å². The summed E-state index contributed by atoms with van der Waals surface area (Å²) in [4.78, 5) is 7.93. The number of hydrogen-bond donors (Lipinski definition) is 4. The third kappa shape index (κ3) is 5.83. The number of phenols is 1. The van der Waals surface area contributed by atoms with Crippen LogP contribution in [0.4, 0.5) is 18.9 Å². The van der Waals surface area contributed by atoms with Crippen molar-refractivity contribution >= 4 is 23.7 Å². The molecule has 4 N–H and O–H groups in total. The molecule has 10 heteroatoms. The highest BCUT2D eigenvalue weighted by Crippen LogP contribution is 2.24. The first-order valence-electron chi connectivity index (χ1n) is 8.34. The lowest BCUT2D eigenvalue weighted by Gasteiger charge is -2.15. The van der Waals surface area contributed by atoms with E-state index in [0.717, 1.165) is 5.56 Å². The van der Waals surface area contributed by atoms with Crippen molar-refractivity contribution in [3.05, 3.63) is 65.9 Å². The highest BCUT2D eigenvalue weighted by atomic mass is 19.4. The smallest absolute Gasteiger partial charge is 0.508 e. The van der Waals surface area contributed by atoms with Crippen molar-refractivity contribution in [2.45, 2.75) is 12.9 Å². The summed E-state index contributed by atoms with van der Waals surface area (Å²) in [5, 5.41) is 23.4. The molecule has 150 valence electrons. The summed E-state index contributed by atoms with van der Waals surface area (Å²) in [6.45, 7) is 0.394. The van der Waals surface area contributed by atoms with Gasteiger partial charge in [0.25, 0.3) is 0 Å². The molecule has 0 bridgehead atoms. The Hall–Kier alpha value is -3.82. The van der Waals surface area contributed by atoms with Crippen LogP contribution in [0.15, 0.2) is 70.3 Å². The summed E-state index contributed by atoms with van der Waals surface area (Å²) in [6, 6.07) is 11.8. The molecule has 0 amide bonds. The molecule has 1 heterocycles. The second kappa shape index (κ2) is 8.46. The number of ether oxygens (including phenoxy) is 1. The first-order valence-corrected chi connectivity index (χ1v) is 8.34. The normalized spacial score (nSPS) is 15.2.